The molecular formula is C23H34N6O2. The Bertz CT molecular complexity index is 1030. The van der Waals surface area contributed by atoms with Gasteiger partial charge in [0.2, 0.25) is 0 Å². The van der Waals surface area contributed by atoms with Gasteiger partial charge in [0.15, 0.2) is 5.82 Å². The summed E-state index contributed by atoms with van der Waals surface area (Å²) in [5, 5.41) is 13.0. The van der Waals surface area contributed by atoms with Gasteiger partial charge < -0.3 is 15.0 Å². The Kier molecular flexibility index (Phi) is 6.75. The summed E-state index contributed by atoms with van der Waals surface area (Å²) in [7, 11) is 0. The van der Waals surface area contributed by atoms with Crippen LogP contribution in [0.4, 0.5) is 10.6 Å². The summed E-state index contributed by atoms with van der Waals surface area (Å²) in [6.45, 7) is 8.86. The van der Waals surface area contributed by atoms with Crippen molar-refractivity contribution in [1.82, 2.24) is 25.1 Å². The number of nitrogens with zero attached hydrogens (tertiary/aromatic N) is 3. The van der Waals surface area contributed by atoms with E-state index >= 15 is 0 Å². The number of piperidine rings is 1. The molecule has 31 heavy (non-hydrogen) atoms. The van der Waals surface area contributed by atoms with Gasteiger partial charge in [0.05, 0.1) is 23.6 Å². The Morgan fingerprint density at radius 2 is 2.26 bits per heavy atom. The normalized spacial score (nSPS) is 20.2. The first kappa shape index (κ1) is 21.6. The van der Waals surface area contributed by atoms with Crippen LogP contribution < -0.4 is 10.6 Å². The number of rotatable bonds is 8. The zero-order valence-corrected chi connectivity index (χ0v) is 18.8. The summed E-state index contributed by atoms with van der Waals surface area (Å²) in [4.78, 5) is 20.2. The van der Waals surface area contributed by atoms with Crippen molar-refractivity contribution < 1.29 is 9.53 Å². The highest BCUT2D eigenvalue weighted by Crippen LogP contribution is 2.34. The van der Waals surface area contributed by atoms with Crippen LogP contribution in [-0.4, -0.2) is 45.5 Å². The number of carbonyl (C=O) groups is 1. The van der Waals surface area contributed by atoms with Gasteiger partial charge in [-0.2, -0.15) is 5.10 Å². The van der Waals surface area contributed by atoms with Gasteiger partial charge in [-0.15, -0.1) is 0 Å². The average molecular weight is 427 g/mol. The Balaban J connectivity index is 1.56. The van der Waals surface area contributed by atoms with Crippen LogP contribution in [0.2, 0.25) is 0 Å². The van der Waals surface area contributed by atoms with Crippen LogP contribution in [0, 0.1) is 11.8 Å². The lowest BCUT2D eigenvalue weighted by Gasteiger charge is -2.30. The molecule has 0 aliphatic carbocycles. The Morgan fingerprint density at radius 3 is 3.06 bits per heavy atom. The molecule has 168 valence electrons. The lowest BCUT2D eigenvalue weighted by atomic mass is 9.95. The number of fused-ring (bicyclic) bond motifs is 3. The van der Waals surface area contributed by atoms with E-state index in [9.17, 15) is 4.79 Å². The summed E-state index contributed by atoms with van der Waals surface area (Å²) >= 11 is 0. The smallest absolute Gasteiger partial charge is 0.412 e. The van der Waals surface area contributed by atoms with Gasteiger partial charge in [0.25, 0.3) is 0 Å². The van der Waals surface area contributed by atoms with Gasteiger partial charge in [-0.1, -0.05) is 40.0 Å². The van der Waals surface area contributed by atoms with Crippen molar-refractivity contribution in [2.24, 2.45) is 11.8 Å². The van der Waals surface area contributed by atoms with Crippen LogP contribution in [0.15, 0.2) is 18.5 Å². The zero-order valence-electron chi connectivity index (χ0n) is 18.8. The van der Waals surface area contributed by atoms with E-state index in [0.29, 0.717) is 24.3 Å². The third-order valence-corrected chi connectivity index (χ3v) is 6.37. The highest BCUT2D eigenvalue weighted by molar-refractivity contribution is 6.08. The Labute approximate surface area is 183 Å². The van der Waals surface area contributed by atoms with Crippen molar-refractivity contribution in [2.45, 2.75) is 58.9 Å². The summed E-state index contributed by atoms with van der Waals surface area (Å²) in [5.74, 6) is 1.34. The van der Waals surface area contributed by atoms with Crippen LogP contribution in [0.25, 0.3) is 21.9 Å². The molecule has 4 heterocycles. The SMILES string of the molecule is CCCCCC(C)COC(=O)Nc1nn([C@H]2CNCC[C@H]2C)c2c1cnc1[nH]ccc12. The molecule has 1 aliphatic rings. The predicted octanol–water partition coefficient (Wildman–Crippen LogP) is 4.85. The van der Waals surface area contributed by atoms with Gasteiger partial charge in [0, 0.05) is 24.3 Å². The first-order valence-electron chi connectivity index (χ1n) is 11.6. The summed E-state index contributed by atoms with van der Waals surface area (Å²) in [6, 6.07) is 2.23. The van der Waals surface area contributed by atoms with Crippen molar-refractivity contribution in [3.8, 4) is 0 Å². The van der Waals surface area contributed by atoms with Crippen LogP contribution in [0.5, 0.6) is 0 Å². The number of hydrogen-bond acceptors (Lipinski definition) is 5. The maximum atomic E-state index is 12.5. The summed E-state index contributed by atoms with van der Waals surface area (Å²) in [5.41, 5.74) is 1.81. The fourth-order valence-corrected chi connectivity index (χ4v) is 4.44. The first-order chi connectivity index (χ1) is 15.1. The van der Waals surface area contributed by atoms with Crippen molar-refractivity contribution in [3.63, 3.8) is 0 Å². The predicted molar refractivity (Wildman–Crippen MR) is 123 cm³/mol. The van der Waals surface area contributed by atoms with Crippen LogP contribution in [-0.2, 0) is 4.74 Å². The number of amides is 1. The molecule has 1 fully saturated rings. The number of aromatic amines is 1. The maximum Gasteiger partial charge on any atom is 0.412 e. The third kappa shape index (κ3) is 4.69. The molecule has 3 aromatic rings. The molecular weight excluding hydrogens is 392 g/mol. The number of unbranched alkanes of at least 4 members (excludes halogenated alkanes) is 2. The molecule has 0 saturated carbocycles. The molecule has 1 amide bonds. The highest BCUT2D eigenvalue weighted by Gasteiger charge is 2.28. The summed E-state index contributed by atoms with van der Waals surface area (Å²) < 4.78 is 7.56. The molecule has 3 N–H and O–H groups in total. The minimum atomic E-state index is -0.460. The van der Waals surface area contributed by atoms with E-state index in [1.807, 2.05) is 12.3 Å². The Morgan fingerprint density at radius 1 is 1.39 bits per heavy atom. The van der Waals surface area contributed by atoms with Crippen molar-refractivity contribution >= 4 is 33.8 Å². The number of H-pyrrole nitrogens is 1. The number of pyridine rings is 1. The molecule has 1 aliphatic heterocycles. The van der Waals surface area contributed by atoms with Gasteiger partial charge >= 0.3 is 6.09 Å². The van der Waals surface area contributed by atoms with E-state index in [0.717, 1.165) is 47.9 Å². The molecule has 1 unspecified atom stereocenters. The number of aromatic nitrogens is 4. The second-order valence-corrected chi connectivity index (χ2v) is 8.92. The fourth-order valence-electron chi connectivity index (χ4n) is 4.44. The third-order valence-electron chi connectivity index (χ3n) is 6.37. The van der Waals surface area contributed by atoms with E-state index < -0.39 is 6.09 Å². The van der Waals surface area contributed by atoms with Crippen LogP contribution in [0.3, 0.4) is 0 Å². The molecule has 0 radical (unpaired) electrons. The van der Waals surface area contributed by atoms with E-state index in [1.54, 1.807) is 6.20 Å². The van der Waals surface area contributed by atoms with Crippen molar-refractivity contribution in [3.05, 3.63) is 18.5 Å². The van der Waals surface area contributed by atoms with Gasteiger partial charge in [-0.05, 0) is 37.3 Å². The van der Waals surface area contributed by atoms with E-state index in [4.69, 9.17) is 9.84 Å². The molecule has 3 aromatic heterocycles. The van der Waals surface area contributed by atoms with Crippen LogP contribution in [0.1, 0.15) is 58.9 Å². The average Bonchev–Trinajstić information content (AvgIpc) is 3.37. The number of ether oxygens (including phenoxy) is 1. The first-order valence-corrected chi connectivity index (χ1v) is 11.6. The van der Waals surface area contributed by atoms with E-state index in [2.05, 4.69) is 46.1 Å². The van der Waals surface area contributed by atoms with Gasteiger partial charge in [-0.25, -0.2) is 9.78 Å². The minimum Gasteiger partial charge on any atom is -0.449 e. The fraction of sp³-hybridized carbons (Fsp3) is 0.609. The van der Waals surface area contributed by atoms with Crippen molar-refractivity contribution in [1.29, 1.82) is 0 Å². The maximum absolute atomic E-state index is 12.5. The molecule has 4 rings (SSSR count). The lowest BCUT2D eigenvalue weighted by molar-refractivity contribution is 0.141. The quantitative estimate of drug-likeness (QED) is 0.448. The molecule has 8 nitrogen and oxygen atoms in total. The molecule has 3 atom stereocenters. The minimum absolute atomic E-state index is 0.210. The largest absolute Gasteiger partial charge is 0.449 e. The van der Waals surface area contributed by atoms with Crippen molar-refractivity contribution in [2.75, 3.05) is 25.0 Å². The highest BCUT2D eigenvalue weighted by atomic mass is 16.5. The Hall–Kier alpha value is -2.61. The number of nitrogens with one attached hydrogen (secondary N) is 3. The molecule has 1 saturated heterocycles. The molecule has 8 heteroatoms. The second kappa shape index (κ2) is 9.68. The molecule has 0 spiro atoms. The lowest BCUT2D eigenvalue weighted by Crippen LogP contribution is -2.37. The van der Waals surface area contributed by atoms with Gasteiger partial charge in [0.1, 0.15) is 5.65 Å². The molecule has 0 bridgehead atoms. The number of anilines is 1. The molecule has 0 aromatic carbocycles. The second-order valence-electron chi connectivity index (χ2n) is 8.92. The van der Waals surface area contributed by atoms with Crippen LogP contribution >= 0.6 is 0 Å². The zero-order chi connectivity index (χ0) is 21.8. The number of carbonyl (C=O) groups excluding carboxylic acids is 1. The summed E-state index contributed by atoms with van der Waals surface area (Å²) in [6.07, 6.45) is 8.95. The number of hydrogen-bond donors (Lipinski definition) is 3. The topological polar surface area (TPSA) is 96.9 Å². The standard InChI is InChI=1S/C23H34N6O2/c1-4-5-6-7-15(2)14-31-23(30)27-22-18-12-26-21-17(9-11-25-21)20(18)29(28-22)19-13-24-10-8-16(19)3/h9,11-12,15-16,19,24H,4-8,10,13-14H2,1-3H3,(H,25,26)(H,27,28,30)/t15?,16-,19+/m1/s1. The monoisotopic (exact) mass is 426 g/mol. The van der Waals surface area contributed by atoms with E-state index in [1.165, 1.54) is 19.3 Å². The van der Waals surface area contributed by atoms with E-state index in [-0.39, 0.29) is 6.04 Å². The van der Waals surface area contributed by atoms with Gasteiger partial charge in [-0.3, -0.25) is 10.00 Å².